The van der Waals surface area contributed by atoms with Crippen LogP contribution in [-0.2, 0) is 10.3 Å². The molecule has 1 heterocycles. The SMILES string of the molecule is COc1ccc(C(=Cc2cc(OC)cc(OC)c2)C2(c3cc(OC)cc(OC)c3)OC2c2ccc(OC)cc2)cc1. The van der Waals surface area contributed by atoms with Crippen molar-refractivity contribution in [2.75, 3.05) is 42.7 Å². The Balaban J connectivity index is 1.77. The van der Waals surface area contributed by atoms with Gasteiger partial charge in [0.1, 0.15) is 40.6 Å². The summed E-state index contributed by atoms with van der Waals surface area (Å²) < 4.78 is 40.1. The topological polar surface area (TPSA) is 67.9 Å². The number of methoxy groups -OCH3 is 6. The van der Waals surface area contributed by atoms with Gasteiger partial charge in [-0.2, -0.15) is 0 Å². The zero-order valence-electron chi connectivity index (χ0n) is 24.1. The maximum absolute atomic E-state index is 6.79. The van der Waals surface area contributed by atoms with Gasteiger partial charge in [-0.05, 0) is 82.4 Å². The molecule has 1 aliphatic rings. The average Bonchev–Trinajstić information content (AvgIpc) is 3.79. The number of benzene rings is 4. The largest absolute Gasteiger partial charge is 0.497 e. The van der Waals surface area contributed by atoms with Gasteiger partial charge in [-0.1, -0.05) is 24.3 Å². The van der Waals surface area contributed by atoms with Gasteiger partial charge >= 0.3 is 0 Å². The van der Waals surface area contributed by atoms with Crippen molar-refractivity contribution >= 4 is 11.6 Å². The van der Waals surface area contributed by atoms with Crippen LogP contribution in [0.3, 0.4) is 0 Å². The van der Waals surface area contributed by atoms with E-state index in [1.807, 2.05) is 84.9 Å². The van der Waals surface area contributed by atoms with Crippen LogP contribution >= 0.6 is 0 Å². The van der Waals surface area contributed by atoms with Crippen LogP contribution in [0.5, 0.6) is 34.5 Å². The second-order valence-corrected chi connectivity index (χ2v) is 9.54. The zero-order chi connectivity index (χ0) is 29.0. The summed E-state index contributed by atoms with van der Waals surface area (Å²) in [4.78, 5) is 0. The van der Waals surface area contributed by atoms with Gasteiger partial charge in [0.25, 0.3) is 0 Å². The zero-order valence-corrected chi connectivity index (χ0v) is 24.1. The van der Waals surface area contributed by atoms with Crippen LogP contribution in [0.2, 0.25) is 0 Å². The first-order valence-corrected chi connectivity index (χ1v) is 13.1. The molecular weight excluding hydrogens is 520 g/mol. The van der Waals surface area contributed by atoms with Gasteiger partial charge in [0.2, 0.25) is 0 Å². The van der Waals surface area contributed by atoms with E-state index < -0.39 is 5.60 Å². The summed E-state index contributed by atoms with van der Waals surface area (Å²) in [5.74, 6) is 4.24. The van der Waals surface area contributed by atoms with E-state index in [1.165, 1.54) is 0 Å². The molecule has 0 spiro atoms. The minimum atomic E-state index is -0.874. The fourth-order valence-corrected chi connectivity index (χ4v) is 5.09. The Morgan fingerprint density at radius 1 is 0.561 bits per heavy atom. The Hall–Kier alpha value is -4.62. The molecule has 7 heteroatoms. The summed E-state index contributed by atoms with van der Waals surface area (Å²) in [5, 5.41) is 0. The first-order chi connectivity index (χ1) is 20.0. The lowest BCUT2D eigenvalue weighted by atomic mass is 9.80. The van der Waals surface area contributed by atoms with Crippen molar-refractivity contribution in [3.05, 3.63) is 107 Å². The van der Waals surface area contributed by atoms with Crippen LogP contribution in [0.1, 0.15) is 28.4 Å². The second kappa shape index (κ2) is 11.9. The number of hydrogen-bond acceptors (Lipinski definition) is 7. The molecule has 0 N–H and O–H groups in total. The minimum Gasteiger partial charge on any atom is -0.497 e. The third kappa shape index (κ3) is 5.54. The first-order valence-electron chi connectivity index (χ1n) is 13.1. The van der Waals surface area contributed by atoms with Crippen molar-refractivity contribution in [2.45, 2.75) is 11.7 Å². The molecule has 212 valence electrons. The average molecular weight is 555 g/mol. The number of ether oxygens (including phenoxy) is 7. The molecule has 0 saturated carbocycles. The van der Waals surface area contributed by atoms with Crippen molar-refractivity contribution in [1.29, 1.82) is 0 Å². The normalized spacial score (nSPS) is 17.9. The molecule has 0 amide bonds. The van der Waals surface area contributed by atoms with Gasteiger partial charge < -0.3 is 33.2 Å². The lowest BCUT2D eigenvalue weighted by molar-refractivity contribution is 0.338. The van der Waals surface area contributed by atoms with E-state index in [9.17, 15) is 0 Å². The highest BCUT2D eigenvalue weighted by Gasteiger charge is 2.61. The van der Waals surface area contributed by atoms with Crippen molar-refractivity contribution in [3.63, 3.8) is 0 Å². The Bertz CT molecular complexity index is 1480. The first kappa shape index (κ1) is 27.9. The second-order valence-electron chi connectivity index (χ2n) is 9.54. The highest BCUT2D eigenvalue weighted by atomic mass is 16.6. The maximum Gasteiger partial charge on any atom is 0.150 e. The Kier molecular flexibility index (Phi) is 8.08. The van der Waals surface area contributed by atoms with E-state index >= 15 is 0 Å². The molecule has 1 aliphatic heterocycles. The van der Waals surface area contributed by atoms with Gasteiger partial charge in [0.05, 0.1) is 42.7 Å². The predicted octanol–water partition coefficient (Wildman–Crippen LogP) is 6.95. The third-order valence-electron chi connectivity index (χ3n) is 7.30. The standard InChI is InChI=1S/C34H34O7/c1-35-26-11-7-23(8-12-26)32(17-22-15-28(37-3)20-29(16-22)38-4)34(25-18-30(39-5)21-31(19-25)40-6)33(41-34)24-9-13-27(36-2)14-10-24/h7-21,33H,1-6H3. The molecule has 2 unspecified atom stereocenters. The molecule has 0 radical (unpaired) electrons. The minimum absolute atomic E-state index is 0.300. The highest BCUT2D eigenvalue weighted by Crippen LogP contribution is 2.65. The van der Waals surface area contributed by atoms with E-state index in [4.69, 9.17) is 33.2 Å². The van der Waals surface area contributed by atoms with Gasteiger partial charge in [0, 0.05) is 12.1 Å². The van der Waals surface area contributed by atoms with Crippen molar-refractivity contribution in [3.8, 4) is 34.5 Å². The summed E-state index contributed by atoms with van der Waals surface area (Å²) in [6.07, 6.45) is 1.81. The third-order valence-corrected chi connectivity index (χ3v) is 7.30. The smallest absolute Gasteiger partial charge is 0.150 e. The van der Waals surface area contributed by atoms with Crippen LogP contribution in [0.25, 0.3) is 11.6 Å². The molecule has 1 saturated heterocycles. The van der Waals surface area contributed by atoms with Crippen LogP contribution in [0, 0.1) is 0 Å². The van der Waals surface area contributed by atoms with Crippen LogP contribution in [0.4, 0.5) is 0 Å². The van der Waals surface area contributed by atoms with E-state index in [0.717, 1.165) is 39.3 Å². The Morgan fingerprint density at radius 2 is 1.00 bits per heavy atom. The molecular formula is C34H34O7. The molecule has 5 rings (SSSR count). The molecule has 2 atom stereocenters. The highest BCUT2D eigenvalue weighted by molar-refractivity contribution is 5.90. The lowest BCUT2D eigenvalue weighted by Gasteiger charge is -2.21. The molecule has 7 nitrogen and oxygen atoms in total. The Morgan fingerprint density at radius 3 is 1.46 bits per heavy atom. The molecule has 0 aromatic heterocycles. The van der Waals surface area contributed by atoms with E-state index in [2.05, 4.69) is 6.08 Å². The van der Waals surface area contributed by atoms with E-state index in [-0.39, 0.29) is 6.10 Å². The molecule has 0 aliphatic carbocycles. The predicted molar refractivity (Wildman–Crippen MR) is 158 cm³/mol. The van der Waals surface area contributed by atoms with Gasteiger partial charge in [-0.3, -0.25) is 0 Å². The fraction of sp³-hybridized carbons (Fsp3) is 0.235. The molecule has 41 heavy (non-hydrogen) atoms. The van der Waals surface area contributed by atoms with Gasteiger partial charge in [-0.25, -0.2) is 0 Å². The van der Waals surface area contributed by atoms with Crippen molar-refractivity contribution < 1.29 is 33.2 Å². The molecule has 4 aromatic rings. The van der Waals surface area contributed by atoms with Crippen molar-refractivity contribution in [2.24, 2.45) is 0 Å². The quantitative estimate of drug-likeness (QED) is 0.147. The number of epoxide rings is 1. The van der Waals surface area contributed by atoms with Crippen molar-refractivity contribution in [1.82, 2.24) is 0 Å². The van der Waals surface area contributed by atoms with E-state index in [1.54, 1.807) is 42.7 Å². The molecule has 0 bridgehead atoms. The molecule has 4 aromatic carbocycles. The van der Waals surface area contributed by atoms with E-state index in [0.29, 0.717) is 23.0 Å². The summed E-state index contributed by atoms with van der Waals surface area (Å²) >= 11 is 0. The van der Waals surface area contributed by atoms with Crippen LogP contribution < -0.4 is 28.4 Å². The molecule has 1 fully saturated rings. The monoisotopic (exact) mass is 554 g/mol. The summed E-state index contributed by atoms with van der Waals surface area (Å²) in [7, 11) is 9.87. The van der Waals surface area contributed by atoms with Gasteiger partial charge in [0.15, 0.2) is 5.60 Å². The maximum atomic E-state index is 6.79. The Labute approximate surface area is 240 Å². The number of hydrogen-bond donors (Lipinski definition) is 0. The summed E-state index contributed by atoms with van der Waals surface area (Å²) in [6.45, 7) is 0. The van der Waals surface area contributed by atoms with Gasteiger partial charge in [-0.15, -0.1) is 0 Å². The number of rotatable bonds is 11. The fourth-order valence-electron chi connectivity index (χ4n) is 5.09. The van der Waals surface area contributed by atoms with Crippen LogP contribution in [0.15, 0.2) is 84.9 Å². The lowest BCUT2D eigenvalue weighted by Crippen LogP contribution is -2.14. The summed E-state index contributed by atoms with van der Waals surface area (Å²) in [5.41, 5.74) is 3.82. The van der Waals surface area contributed by atoms with Crippen LogP contribution in [-0.4, -0.2) is 42.7 Å². The summed E-state index contributed by atoms with van der Waals surface area (Å²) in [6, 6.07) is 27.5.